The zero-order valence-electron chi connectivity index (χ0n) is 9.01. The standard InChI is InChI=1S/C9H16Cl3NO3/c1-2-16-7(14)5-3-4-6-13-8(15)9(10,11)12/h8,13,15H,2-6H2,1H3/t8-/m1/s1. The first-order valence-electron chi connectivity index (χ1n) is 5.01. The lowest BCUT2D eigenvalue weighted by Crippen LogP contribution is -2.40. The van der Waals surface area contributed by atoms with E-state index in [0.717, 1.165) is 0 Å². The van der Waals surface area contributed by atoms with E-state index in [1.807, 2.05) is 0 Å². The van der Waals surface area contributed by atoms with Gasteiger partial charge in [-0.2, -0.15) is 0 Å². The second-order valence-electron chi connectivity index (χ2n) is 3.16. The first-order chi connectivity index (χ1) is 7.38. The van der Waals surface area contributed by atoms with Crippen molar-refractivity contribution in [2.75, 3.05) is 13.2 Å². The molecule has 0 aromatic heterocycles. The van der Waals surface area contributed by atoms with Crippen LogP contribution in [-0.2, 0) is 9.53 Å². The first-order valence-corrected chi connectivity index (χ1v) is 6.15. The molecule has 0 saturated heterocycles. The van der Waals surface area contributed by atoms with Gasteiger partial charge in [0.05, 0.1) is 6.61 Å². The van der Waals surface area contributed by atoms with Gasteiger partial charge in [-0.15, -0.1) is 0 Å². The van der Waals surface area contributed by atoms with E-state index in [-0.39, 0.29) is 5.97 Å². The van der Waals surface area contributed by atoms with Crippen molar-refractivity contribution in [2.24, 2.45) is 0 Å². The van der Waals surface area contributed by atoms with Crippen LogP contribution in [-0.4, -0.2) is 34.2 Å². The Morgan fingerprint density at radius 1 is 1.44 bits per heavy atom. The van der Waals surface area contributed by atoms with Crippen molar-refractivity contribution < 1.29 is 14.6 Å². The van der Waals surface area contributed by atoms with Crippen LogP contribution < -0.4 is 5.32 Å². The maximum absolute atomic E-state index is 10.9. The van der Waals surface area contributed by atoms with Crippen molar-refractivity contribution in [2.45, 2.75) is 36.2 Å². The lowest BCUT2D eigenvalue weighted by molar-refractivity contribution is -0.143. The highest BCUT2D eigenvalue weighted by Gasteiger charge is 2.29. The monoisotopic (exact) mass is 291 g/mol. The lowest BCUT2D eigenvalue weighted by atomic mass is 10.2. The Hall–Kier alpha value is 0.260. The van der Waals surface area contributed by atoms with Crippen molar-refractivity contribution in [1.82, 2.24) is 5.32 Å². The summed E-state index contributed by atoms with van der Waals surface area (Å²) in [4.78, 5) is 10.9. The third-order valence-electron chi connectivity index (χ3n) is 1.76. The molecular weight excluding hydrogens is 276 g/mol. The fraction of sp³-hybridized carbons (Fsp3) is 0.889. The van der Waals surface area contributed by atoms with Gasteiger partial charge < -0.3 is 9.84 Å². The summed E-state index contributed by atoms with van der Waals surface area (Å²) in [5, 5.41) is 11.9. The van der Waals surface area contributed by atoms with Gasteiger partial charge in [0.1, 0.15) is 0 Å². The van der Waals surface area contributed by atoms with Crippen LogP contribution in [0.15, 0.2) is 0 Å². The van der Waals surface area contributed by atoms with E-state index in [9.17, 15) is 9.90 Å². The molecule has 0 fully saturated rings. The number of esters is 1. The zero-order chi connectivity index (χ0) is 12.6. The van der Waals surface area contributed by atoms with Crippen LogP contribution in [0.2, 0.25) is 0 Å². The third-order valence-corrected chi connectivity index (χ3v) is 2.38. The highest BCUT2D eigenvalue weighted by atomic mass is 35.6. The Morgan fingerprint density at radius 2 is 2.06 bits per heavy atom. The lowest BCUT2D eigenvalue weighted by Gasteiger charge is -2.19. The predicted molar refractivity (Wildman–Crippen MR) is 64.8 cm³/mol. The summed E-state index contributed by atoms with van der Waals surface area (Å²) in [7, 11) is 0. The van der Waals surface area contributed by atoms with Gasteiger partial charge in [0.15, 0.2) is 6.23 Å². The number of unbranched alkanes of at least 4 members (excludes halogenated alkanes) is 1. The van der Waals surface area contributed by atoms with Gasteiger partial charge in [0.25, 0.3) is 0 Å². The second kappa shape index (κ2) is 8.37. The molecule has 96 valence electrons. The summed E-state index contributed by atoms with van der Waals surface area (Å²) < 4.78 is 3.02. The molecule has 0 aliphatic heterocycles. The van der Waals surface area contributed by atoms with Crippen LogP contribution in [0, 0.1) is 0 Å². The van der Waals surface area contributed by atoms with Crippen LogP contribution in [0.3, 0.4) is 0 Å². The molecule has 0 radical (unpaired) electrons. The number of halogens is 3. The van der Waals surface area contributed by atoms with Crippen LogP contribution in [0.25, 0.3) is 0 Å². The van der Waals surface area contributed by atoms with E-state index >= 15 is 0 Å². The minimum Gasteiger partial charge on any atom is -0.466 e. The molecule has 0 bridgehead atoms. The maximum Gasteiger partial charge on any atom is 0.305 e. The number of aliphatic hydroxyl groups excluding tert-OH is 1. The largest absolute Gasteiger partial charge is 0.466 e. The second-order valence-corrected chi connectivity index (χ2v) is 5.53. The summed E-state index contributed by atoms with van der Waals surface area (Å²) in [6.07, 6.45) is 0.508. The summed E-state index contributed by atoms with van der Waals surface area (Å²) in [6.45, 7) is 2.62. The summed E-state index contributed by atoms with van der Waals surface area (Å²) in [5.74, 6) is -0.218. The van der Waals surface area contributed by atoms with Crippen molar-refractivity contribution in [3.8, 4) is 0 Å². The number of hydrogen-bond acceptors (Lipinski definition) is 4. The molecule has 0 aromatic rings. The molecule has 16 heavy (non-hydrogen) atoms. The van der Waals surface area contributed by atoms with Crippen LogP contribution in [0.4, 0.5) is 0 Å². The molecule has 1 atom stereocenters. The minimum absolute atomic E-state index is 0.218. The van der Waals surface area contributed by atoms with Gasteiger partial charge in [-0.05, 0) is 26.3 Å². The molecule has 0 aliphatic carbocycles. The Balaban J connectivity index is 3.44. The molecular formula is C9H16Cl3NO3. The highest BCUT2D eigenvalue weighted by Crippen LogP contribution is 2.28. The molecule has 0 unspecified atom stereocenters. The summed E-state index contributed by atoms with van der Waals surface area (Å²) >= 11 is 16.3. The van der Waals surface area contributed by atoms with E-state index in [1.165, 1.54) is 0 Å². The molecule has 0 aliphatic rings. The topological polar surface area (TPSA) is 58.6 Å². The molecule has 2 N–H and O–H groups in total. The van der Waals surface area contributed by atoms with Crippen molar-refractivity contribution in [3.63, 3.8) is 0 Å². The normalized spacial score (nSPS) is 13.6. The van der Waals surface area contributed by atoms with Gasteiger partial charge in [-0.3, -0.25) is 10.1 Å². The number of hydrogen-bond donors (Lipinski definition) is 2. The van der Waals surface area contributed by atoms with Crippen molar-refractivity contribution in [3.05, 3.63) is 0 Å². The molecule has 7 heteroatoms. The van der Waals surface area contributed by atoms with E-state index in [0.29, 0.717) is 32.4 Å². The fourth-order valence-corrected chi connectivity index (χ4v) is 1.21. The molecule has 0 heterocycles. The van der Waals surface area contributed by atoms with Gasteiger partial charge in [-0.1, -0.05) is 34.8 Å². The van der Waals surface area contributed by atoms with E-state index in [1.54, 1.807) is 6.92 Å². The number of alkyl halides is 3. The fourth-order valence-electron chi connectivity index (χ4n) is 0.982. The average molecular weight is 293 g/mol. The first kappa shape index (κ1) is 16.3. The van der Waals surface area contributed by atoms with Gasteiger partial charge in [0.2, 0.25) is 3.79 Å². The van der Waals surface area contributed by atoms with E-state index in [4.69, 9.17) is 39.5 Å². The van der Waals surface area contributed by atoms with Crippen molar-refractivity contribution >= 4 is 40.8 Å². The Labute approximate surface area is 110 Å². The minimum atomic E-state index is -1.73. The number of nitrogens with one attached hydrogen (secondary N) is 1. The molecule has 0 saturated carbocycles. The number of carbonyl (C=O) groups excluding carboxylic acids is 1. The molecule has 0 amide bonds. The molecule has 0 aromatic carbocycles. The van der Waals surface area contributed by atoms with E-state index < -0.39 is 10.0 Å². The predicted octanol–water partition coefficient (Wildman–Crippen LogP) is 2.00. The number of aliphatic hydroxyl groups is 1. The van der Waals surface area contributed by atoms with Gasteiger partial charge in [0, 0.05) is 6.42 Å². The molecule has 4 nitrogen and oxygen atoms in total. The zero-order valence-corrected chi connectivity index (χ0v) is 11.3. The van der Waals surface area contributed by atoms with Crippen LogP contribution in [0.1, 0.15) is 26.2 Å². The average Bonchev–Trinajstić information content (AvgIpc) is 2.16. The molecule has 0 spiro atoms. The SMILES string of the molecule is CCOC(=O)CCCCN[C@H](O)C(Cl)(Cl)Cl. The highest BCUT2D eigenvalue weighted by molar-refractivity contribution is 6.68. The van der Waals surface area contributed by atoms with Gasteiger partial charge in [-0.25, -0.2) is 0 Å². The quantitative estimate of drug-likeness (QED) is 0.326. The van der Waals surface area contributed by atoms with Crippen LogP contribution >= 0.6 is 34.8 Å². The number of carbonyl (C=O) groups is 1. The Morgan fingerprint density at radius 3 is 2.56 bits per heavy atom. The summed E-state index contributed by atoms with van der Waals surface area (Å²) in [6, 6.07) is 0. The Bertz CT molecular complexity index is 209. The van der Waals surface area contributed by atoms with E-state index in [2.05, 4.69) is 5.32 Å². The number of rotatable bonds is 7. The van der Waals surface area contributed by atoms with Crippen molar-refractivity contribution in [1.29, 1.82) is 0 Å². The third kappa shape index (κ3) is 8.42. The molecule has 0 rings (SSSR count). The smallest absolute Gasteiger partial charge is 0.305 e. The number of ether oxygens (including phenoxy) is 1. The van der Waals surface area contributed by atoms with Crippen LogP contribution in [0.5, 0.6) is 0 Å². The van der Waals surface area contributed by atoms with Gasteiger partial charge >= 0.3 is 5.97 Å². The Kier molecular flexibility index (Phi) is 8.50. The maximum atomic E-state index is 10.9. The summed E-state index contributed by atoms with van der Waals surface area (Å²) in [5.41, 5.74) is 0.